The number of hydrazone groups is 1. The van der Waals surface area contributed by atoms with Crippen LogP contribution in [0.3, 0.4) is 0 Å². The number of aromatic hydroxyl groups is 1. The Hall–Kier alpha value is -3.69. The molecular formula is C24H25N3O5S. The number of sulfonamides is 1. The fourth-order valence-electron chi connectivity index (χ4n) is 3.06. The fourth-order valence-corrected chi connectivity index (χ4v) is 4.26. The summed E-state index contributed by atoms with van der Waals surface area (Å²) in [5.41, 5.74) is 4.37. The Morgan fingerprint density at radius 2 is 1.76 bits per heavy atom. The number of hydrogen-bond donors (Lipinski definition) is 3. The van der Waals surface area contributed by atoms with Gasteiger partial charge in [-0.25, -0.2) is 13.8 Å². The minimum atomic E-state index is -3.95. The first-order chi connectivity index (χ1) is 15.8. The molecule has 0 aliphatic rings. The van der Waals surface area contributed by atoms with Gasteiger partial charge in [0.05, 0.1) is 18.2 Å². The Bertz CT molecular complexity index is 1230. The van der Waals surface area contributed by atoms with Crippen LogP contribution in [-0.4, -0.2) is 38.8 Å². The Balaban J connectivity index is 1.80. The van der Waals surface area contributed by atoms with Gasteiger partial charge in [0.2, 0.25) is 10.0 Å². The number of carbonyl (C=O) groups is 1. The number of nitrogens with one attached hydrogen (secondary N) is 2. The van der Waals surface area contributed by atoms with Gasteiger partial charge in [0, 0.05) is 5.56 Å². The van der Waals surface area contributed by atoms with Crippen LogP contribution in [0.2, 0.25) is 0 Å². The minimum Gasteiger partial charge on any atom is -0.504 e. The predicted molar refractivity (Wildman–Crippen MR) is 126 cm³/mol. The summed E-state index contributed by atoms with van der Waals surface area (Å²) in [5.74, 6) is -0.509. The number of phenols is 1. The van der Waals surface area contributed by atoms with Gasteiger partial charge in [0.1, 0.15) is 6.04 Å². The summed E-state index contributed by atoms with van der Waals surface area (Å²) in [5, 5.41) is 14.0. The lowest BCUT2D eigenvalue weighted by molar-refractivity contribution is -0.122. The van der Waals surface area contributed by atoms with Gasteiger partial charge in [0.15, 0.2) is 11.5 Å². The van der Waals surface area contributed by atoms with Crippen LogP contribution >= 0.6 is 0 Å². The van der Waals surface area contributed by atoms with E-state index < -0.39 is 22.0 Å². The molecule has 0 aromatic heterocycles. The van der Waals surface area contributed by atoms with Crippen LogP contribution in [0.15, 0.2) is 82.8 Å². The number of rotatable bonds is 9. The van der Waals surface area contributed by atoms with E-state index in [-0.39, 0.29) is 22.8 Å². The number of ether oxygens (including phenoxy) is 1. The highest BCUT2D eigenvalue weighted by atomic mass is 32.2. The second kappa shape index (κ2) is 10.8. The second-order valence-electron chi connectivity index (χ2n) is 7.31. The third-order valence-corrected chi connectivity index (χ3v) is 6.34. The number of para-hydroxylation sites is 1. The molecule has 172 valence electrons. The van der Waals surface area contributed by atoms with Crippen molar-refractivity contribution in [3.05, 3.63) is 89.5 Å². The van der Waals surface area contributed by atoms with E-state index in [1.54, 1.807) is 42.5 Å². The molecule has 1 atom stereocenters. The number of nitrogens with zero attached hydrogens (tertiary/aromatic N) is 1. The summed E-state index contributed by atoms with van der Waals surface area (Å²) >= 11 is 0. The maximum atomic E-state index is 12.9. The molecule has 8 nitrogen and oxygen atoms in total. The second-order valence-corrected chi connectivity index (χ2v) is 9.02. The average Bonchev–Trinajstić information content (AvgIpc) is 2.80. The first-order valence-corrected chi connectivity index (χ1v) is 11.6. The Morgan fingerprint density at radius 1 is 1.06 bits per heavy atom. The molecule has 33 heavy (non-hydrogen) atoms. The summed E-state index contributed by atoms with van der Waals surface area (Å²) in [6.07, 6.45) is 1.38. The number of benzene rings is 3. The van der Waals surface area contributed by atoms with E-state index >= 15 is 0 Å². The van der Waals surface area contributed by atoms with Crippen LogP contribution in [-0.2, 0) is 21.2 Å². The molecule has 9 heteroatoms. The van der Waals surface area contributed by atoms with Gasteiger partial charge in [-0.05, 0) is 43.2 Å². The minimum absolute atomic E-state index is 0.0590. The van der Waals surface area contributed by atoms with Gasteiger partial charge < -0.3 is 9.84 Å². The van der Waals surface area contributed by atoms with Crippen LogP contribution in [0.4, 0.5) is 0 Å². The van der Waals surface area contributed by atoms with E-state index in [0.29, 0.717) is 5.56 Å². The van der Waals surface area contributed by atoms with Crippen LogP contribution in [0, 0.1) is 6.92 Å². The van der Waals surface area contributed by atoms with Gasteiger partial charge in [-0.15, -0.1) is 0 Å². The molecule has 0 bridgehead atoms. The van der Waals surface area contributed by atoms with Gasteiger partial charge in [-0.2, -0.15) is 9.82 Å². The third-order valence-electron chi connectivity index (χ3n) is 4.86. The van der Waals surface area contributed by atoms with Gasteiger partial charge in [0.25, 0.3) is 5.91 Å². The molecule has 0 aliphatic heterocycles. The molecule has 0 fully saturated rings. The maximum Gasteiger partial charge on any atom is 0.258 e. The number of carbonyl (C=O) groups excluding carboxylic acids is 1. The fraction of sp³-hybridized carbons (Fsp3) is 0.167. The SMILES string of the molecule is COc1cccc(/C=N/NC(=O)[C@H](Cc2ccccc2)NS(=O)(=O)c2ccc(C)cc2)c1O. The van der Waals surface area contributed by atoms with Crippen molar-refractivity contribution in [3.63, 3.8) is 0 Å². The molecule has 3 rings (SSSR count). The molecule has 0 unspecified atom stereocenters. The van der Waals surface area contributed by atoms with E-state index in [1.807, 2.05) is 25.1 Å². The van der Waals surface area contributed by atoms with Crippen molar-refractivity contribution in [3.8, 4) is 11.5 Å². The van der Waals surface area contributed by atoms with E-state index in [1.165, 1.54) is 25.5 Å². The molecule has 3 N–H and O–H groups in total. The summed E-state index contributed by atoms with van der Waals surface area (Å²) in [6, 6.07) is 19.1. The zero-order chi connectivity index (χ0) is 23.8. The summed E-state index contributed by atoms with van der Waals surface area (Å²) in [7, 11) is -2.53. The summed E-state index contributed by atoms with van der Waals surface area (Å²) in [6.45, 7) is 1.85. The standard InChI is InChI=1S/C24H25N3O5S/c1-17-11-13-20(14-12-17)33(30,31)27-21(15-18-7-4-3-5-8-18)24(29)26-25-16-19-9-6-10-22(32-2)23(19)28/h3-14,16,21,27-28H,15H2,1-2H3,(H,26,29)/b25-16+/t21-/m0/s1. The molecular weight excluding hydrogens is 442 g/mol. The maximum absolute atomic E-state index is 12.9. The lowest BCUT2D eigenvalue weighted by Crippen LogP contribution is -2.46. The first-order valence-electron chi connectivity index (χ1n) is 10.1. The molecule has 3 aromatic carbocycles. The quantitative estimate of drug-likeness (QED) is 0.330. The van der Waals surface area contributed by atoms with Gasteiger partial charge >= 0.3 is 0 Å². The van der Waals surface area contributed by atoms with Crippen molar-refractivity contribution in [1.29, 1.82) is 0 Å². The highest BCUT2D eigenvalue weighted by molar-refractivity contribution is 7.89. The van der Waals surface area contributed by atoms with Crippen LogP contribution in [0.25, 0.3) is 0 Å². The lowest BCUT2D eigenvalue weighted by atomic mass is 10.1. The molecule has 0 aliphatic carbocycles. The van der Waals surface area contributed by atoms with Crippen molar-refractivity contribution in [2.75, 3.05) is 7.11 Å². The molecule has 0 radical (unpaired) electrons. The molecule has 0 saturated heterocycles. The Morgan fingerprint density at radius 3 is 2.42 bits per heavy atom. The highest BCUT2D eigenvalue weighted by Gasteiger charge is 2.26. The lowest BCUT2D eigenvalue weighted by Gasteiger charge is -2.17. The number of aryl methyl sites for hydroxylation is 1. The van der Waals surface area contributed by atoms with Crippen molar-refractivity contribution >= 4 is 22.1 Å². The van der Waals surface area contributed by atoms with Crippen LogP contribution in [0.1, 0.15) is 16.7 Å². The molecule has 0 saturated carbocycles. The van der Waals surface area contributed by atoms with Crippen molar-refractivity contribution in [2.24, 2.45) is 5.10 Å². The Kier molecular flexibility index (Phi) is 7.81. The van der Waals surface area contributed by atoms with Gasteiger partial charge in [-0.1, -0.05) is 54.1 Å². The average molecular weight is 468 g/mol. The molecule has 0 spiro atoms. The van der Waals surface area contributed by atoms with E-state index in [4.69, 9.17) is 4.74 Å². The van der Waals surface area contributed by atoms with Crippen LogP contribution < -0.4 is 14.9 Å². The largest absolute Gasteiger partial charge is 0.504 e. The topological polar surface area (TPSA) is 117 Å². The van der Waals surface area contributed by atoms with Crippen molar-refractivity contribution in [2.45, 2.75) is 24.3 Å². The molecule has 1 amide bonds. The number of hydrogen-bond acceptors (Lipinski definition) is 6. The molecule has 3 aromatic rings. The Labute approximate surface area is 193 Å². The predicted octanol–water partition coefficient (Wildman–Crippen LogP) is 2.75. The monoisotopic (exact) mass is 467 g/mol. The van der Waals surface area contributed by atoms with Crippen molar-refractivity contribution in [1.82, 2.24) is 10.1 Å². The first kappa shape index (κ1) is 24.0. The van der Waals surface area contributed by atoms with E-state index in [0.717, 1.165) is 11.1 Å². The number of amides is 1. The van der Waals surface area contributed by atoms with Gasteiger partial charge in [-0.3, -0.25) is 4.79 Å². The summed E-state index contributed by atoms with van der Waals surface area (Å²) in [4.78, 5) is 12.9. The zero-order valence-electron chi connectivity index (χ0n) is 18.2. The normalized spacial score (nSPS) is 12.4. The zero-order valence-corrected chi connectivity index (χ0v) is 19.0. The molecule has 0 heterocycles. The van der Waals surface area contributed by atoms with Crippen LogP contribution in [0.5, 0.6) is 11.5 Å². The third kappa shape index (κ3) is 6.41. The number of phenolic OH excluding ortho intramolecular Hbond substituents is 1. The highest BCUT2D eigenvalue weighted by Crippen LogP contribution is 2.27. The smallest absolute Gasteiger partial charge is 0.258 e. The summed E-state index contributed by atoms with van der Waals surface area (Å²) < 4.78 is 33.3. The van der Waals surface area contributed by atoms with E-state index in [9.17, 15) is 18.3 Å². The van der Waals surface area contributed by atoms with E-state index in [2.05, 4.69) is 15.2 Å². The van der Waals surface area contributed by atoms with Crippen molar-refractivity contribution < 1.29 is 23.1 Å². The number of methoxy groups -OCH3 is 1.